The van der Waals surface area contributed by atoms with Gasteiger partial charge in [-0.3, -0.25) is 18.6 Å². The summed E-state index contributed by atoms with van der Waals surface area (Å²) >= 11 is 0. The number of nitriles is 2. The fourth-order valence-electron chi connectivity index (χ4n) is 7.50. The van der Waals surface area contributed by atoms with E-state index in [1.54, 1.807) is 80.8 Å². The van der Waals surface area contributed by atoms with E-state index in [2.05, 4.69) is 12.1 Å². The highest BCUT2D eigenvalue weighted by Gasteiger charge is 2.60. The maximum atomic E-state index is 14.3. The lowest BCUT2D eigenvalue weighted by atomic mass is 9.74. The number of fused-ring (bicyclic) bond motifs is 2. The molecule has 46 heavy (non-hydrogen) atoms. The van der Waals surface area contributed by atoms with E-state index in [9.17, 15) is 29.6 Å². The average Bonchev–Trinajstić information content (AvgIpc) is 3.63. The molecule has 5 atom stereocenters. The summed E-state index contributed by atoms with van der Waals surface area (Å²) in [6, 6.07) is 13.1. The summed E-state index contributed by atoms with van der Waals surface area (Å²) in [5.74, 6) is 0.563. The van der Waals surface area contributed by atoms with Gasteiger partial charge in [-0.1, -0.05) is 0 Å². The number of benzene rings is 2. The summed E-state index contributed by atoms with van der Waals surface area (Å²) in [7, 11) is -5.05. The third-order valence-corrected chi connectivity index (χ3v) is 10.5. The molecule has 4 aliphatic rings. The molecule has 0 bridgehead atoms. The smallest absolute Gasteiger partial charge is 0.473 e. The van der Waals surface area contributed by atoms with Crippen molar-refractivity contribution in [1.82, 2.24) is 9.80 Å². The molecule has 12 nitrogen and oxygen atoms in total. The van der Waals surface area contributed by atoms with Crippen molar-refractivity contribution in [2.75, 3.05) is 13.1 Å². The van der Waals surface area contributed by atoms with Gasteiger partial charge < -0.3 is 24.2 Å². The number of amides is 2. The van der Waals surface area contributed by atoms with Crippen molar-refractivity contribution in [3.8, 4) is 23.6 Å². The number of carbonyl (C=O) groups is 2. The number of carbonyl (C=O) groups excluding carboxylic acids is 2. The van der Waals surface area contributed by atoms with Gasteiger partial charge in [-0.25, -0.2) is 4.57 Å². The standard InChI is InChI=1S/C33H37N4O8P/c1-31(2)29(28(36-14-6-8-26(36)38)22-16-20(18-34)10-12-24(22)42-31)44-46(40,41)45-30-32(3,4)43-25-13-11-21(19-35)17-23(25)33(30,5)37-15-7-9-27(37)39/h10-13,16-17,28-30H,6-9,14-15H2,1-5H3,(H,40,41)/t28-,29-,30-,33-/m1/s1. The van der Waals surface area contributed by atoms with Gasteiger partial charge in [0.2, 0.25) is 11.8 Å². The van der Waals surface area contributed by atoms with Crippen LogP contribution in [0.5, 0.6) is 11.5 Å². The predicted octanol–water partition coefficient (Wildman–Crippen LogP) is 4.84. The van der Waals surface area contributed by atoms with Gasteiger partial charge in [0.1, 0.15) is 34.9 Å². The molecule has 0 saturated carbocycles. The number of hydrogen-bond donors (Lipinski definition) is 1. The number of rotatable bonds is 6. The molecule has 0 aromatic heterocycles. The third-order valence-electron chi connectivity index (χ3n) is 9.54. The summed E-state index contributed by atoms with van der Waals surface area (Å²) < 4.78 is 39.1. The largest absolute Gasteiger partial charge is 0.485 e. The lowest BCUT2D eigenvalue weighted by Gasteiger charge is -2.54. The highest BCUT2D eigenvalue weighted by Crippen LogP contribution is 2.59. The van der Waals surface area contributed by atoms with Crippen LogP contribution in [0.15, 0.2) is 36.4 Å². The Labute approximate surface area is 268 Å². The van der Waals surface area contributed by atoms with Crippen LogP contribution < -0.4 is 9.47 Å². The Hall–Kier alpha value is -3.93. The monoisotopic (exact) mass is 648 g/mol. The van der Waals surface area contributed by atoms with Crippen LogP contribution in [0.1, 0.15) is 88.6 Å². The van der Waals surface area contributed by atoms with Crippen LogP contribution in [-0.2, 0) is 28.7 Å². The van der Waals surface area contributed by atoms with Crippen LogP contribution in [0.2, 0.25) is 0 Å². The van der Waals surface area contributed by atoms with E-state index in [4.69, 9.17) is 18.5 Å². The molecule has 6 rings (SSSR count). The van der Waals surface area contributed by atoms with Crippen molar-refractivity contribution < 1.29 is 37.6 Å². The quantitative estimate of drug-likeness (QED) is 0.429. The summed E-state index contributed by atoms with van der Waals surface area (Å²) in [5, 5.41) is 19.3. The van der Waals surface area contributed by atoms with Gasteiger partial charge in [0.05, 0.1) is 34.8 Å². The van der Waals surface area contributed by atoms with Crippen molar-refractivity contribution in [3.63, 3.8) is 0 Å². The maximum Gasteiger partial charge on any atom is 0.473 e. The first-order valence-corrected chi connectivity index (χ1v) is 16.9. The van der Waals surface area contributed by atoms with Crippen LogP contribution in [0.25, 0.3) is 0 Å². The minimum Gasteiger partial charge on any atom is -0.485 e. The summed E-state index contributed by atoms with van der Waals surface area (Å²) in [5.41, 5.74) is -2.16. The van der Waals surface area contributed by atoms with Gasteiger partial charge in [-0.2, -0.15) is 10.5 Å². The lowest BCUT2D eigenvalue weighted by Crippen LogP contribution is -2.64. The molecule has 0 aliphatic carbocycles. The molecular formula is C33H37N4O8P. The molecule has 13 heteroatoms. The van der Waals surface area contributed by atoms with Gasteiger partial charge >= 0.3 is 7.82 Å². The van der Waals surface area contributed by atoms with Crippen LogP contribution in [0.3, 0.4) is 0 Å². The molecule has 2 aromatic carbocycles. The van der Waals surface area contributed by atoms with E-state index in [0.717, 1.165) is 0 Å². The zero-order chi connectivity index (χ0) is 33.2. The fraction of sp³-hybridized carbons (Fsp3) is 0.515. The molecule has 2 fully saturated rings. The number of likely N-dealkylation sites (tertiary alicyclic amines) is 2. The second-order valence-electron chi connectivity index (χ2n) is 13.5. The molecule has 4 aliphatic heterocycles. The molecule has 0 spiro atoms. The summed E-state index contributed by atoms with van der Waals surface area (Å²) in [6.07, 6.45) is -0.637. The molecule has 4 heterocycles. The van der Waals surface area contributed by atoms with Crippen LogP contribution in [0, 0.1) is 22.7 Å². The van der Waals surface area contributed by atoms with E-state index in [1.165, 1.54) is 0 Å². The molecule has 242 valence electrons. The predicted molar refractivity (Wildman–Crippen MR) is 163 cm³/mol. The summed E-state index contributed by atoms with van der Waals surface area (Å²) in [4.78, 5) is 41.3. The molecule has 0 radical (unpaired) electrons. The normalized spacial score (nSPS) is 29.1. The second-order valence-corrected chi connectivity index (χ2v) is 14.9. The number of phosphoric ester groups is 1. The van der Waals surface area contributed by atoms with Crippen molar-refractivity contribution in [3.05, 3.63) is 58.7 Å². The zero-order valence-electron chi connectivity index (χ0n) is 26.5. The van der Waals surface area contributed by atoms with Crippen molar-refractivity contribution in [2.24, 2.45) is 0 Å². The van der Waals surface area contributed by atoms with E-state index in [-0.39, 0.29) is 11.8 Å². The van der Waals surface area contributed by atoms with E-state index < -0.39 is 42.8 Å². The number of hydrogen-bond acceptors (Lipinski definition) is 9. The molecule has 2 saturated heterocycles. The molecule has 2 amide bonds. The fourth-order valence-corrected chi connectivity index (χ4v) is 8.93. The Morgan fingerprint density at radius 1 is 0.870 bits per heavy atom. The van der Waals surface area contributed by atoms with Crippen molar-refractivity contribution >= 4 is 19.6 Å². The topological polar surface area (TPSA) is 162 Å². The lowest BCUT2D eigenvalue weighted by molar-refractivity contribution is -0.159. The SMILES string of the molecule is CC1(C)Oc2ccc(C#N)cc2[C@@H](N2CCCC2=O)[C@H]1OP(=O)(O)O[C@@H]1C(C)(C)Oc2ccc(C#N)cc2[C@@]1(C)N1CCCC1=O. The van der Waals surface area contributed by atoms with Gasteiger partial charge in [0, 0.05) is 37.1 Å². The second kappa shape index (κ2) is 11.1. The zero-order valence-corrected chi connectivity index (χ0v) is 27.4. The molecular weight excluding hydrogens is 611 g/mol. The molecule has 1 unspecified atom stereocenters. The number of ether oxygens (including phenoxy) is 2. The molecule has 2 aromatic rings. The van der Waals surface area contributed by atoms with Gasteiger partial charge in [0.15, 0.2) is 0 Å². The van der Waals surface area contributed by atoms with Gasteiger partial charge in [-0.05, 0) is 83.9 Å². The minimum absolute atomic E-state index is 0.148. The van der Waals surface area contributed by atoms with Crippen molar-refractivity contribution in [2.45, 2.75) is 95.3 Å². The highest BCUT2D eigenvalue weighted by molar-refractivity contribution is 7.47. The maximum absolute atomic E-state index is 14.3. The number of nitrogens with zero attached hydrogens (tertiary/aromatic N) is 4. The Morgan fingerprint density at radius 3 is 2.09 bits per heavy atom. The Morgan fingerprint density at radius 2 is 1.48 bits per heavy atom. The minimum atomic E-state index is -5.05. The Balaban J connectivity index is 1.43. The van der Waals surface area contributed by atoms with Gasteiger partial charge in [-0.15, -0.1) is 0 Å². The average molecular weight is 649 g/mol. The van der Waals surface area contributed by atoms with E-state index in [1.807, 2.05) is 0 Å². The molecule has 1 N–H and O–H groups in total. The highest BCUT2D eigenvalue weighted by atomic mass is 31.2. The van der Waals surface area contributed by atoms with E-state index in [0.29, 0.717) is 72.5 Å². The first-order chi connectivity index (χ1) is 21.6. The Bertz CT molecular complexity index is 1750. The van der Waals surface area contributed by atoms with Gasteiger partial charge in [0.25, 0.3) is 0 Å². The number of phosphoric acid groups is 1. The summed E-state index contributed by atoms with van der Waals surface area (Å²) in [6.45, 7) is 9.33. The van der Waals surface area contributed by atoms with Crippen LogP contribution in [-0.4, -0.2) is 63.0 Å². The third kappa shape index (κ3) is 5.24. The first-order valence-electron chi connectivity index (χ1n) is 15.4. The Kier molecular flexibility index (Phi) is 7.73. The van der Waals surface area contributed by atoms with E-state index >= 15 is 0 Å². The van der Waals surface area contributed by atoms with Crippen LogP contribution in [0.4, 0.5) is 0 Å². The first kappa shape index (κ1) is 32.0. The van der Waals surface area contributed by atoms with Crippen molar-refractivity contribution in [1.29, 1.82) is 10.5 Å². The van der Waals surface area contributed by atoms with Crippen LogP contribution >= 0.6 is 7.82 Å².